The van der Waals surface area contributed by atoms with Crippen LogP contribution in [0.3, 0.4) is 0 Å². The maximum Gasteiger partial charge on any atom is 0.418 e. The summed E-state index contributed by atoms with van der Waals surface area (Å²) < 4.78 is 14.6. The van der Waals surface area contributed by atoms with E-state index in [1.54, 1.807) is 11.8 Å². The highest BCUT2D eigenvalue weighted by atomic mass is 32.2. The number of nitrogens with zero attached hydrogens (tertiary/aromatic N) is 2. The molecular formula is C13H17FN2O3S2. The second kappa shape index (κ2) is 7.56. The van der Waals surface area contributed by atoms with Gasteiger partial charge in [0.25, 0.3) is 0 Å². The molecule has 0 saturated heterocycles. The second-order valence-corrected chi connectivity index (χ2v) is 6.38. The molecular weight excluding hydrogens is 315 g/mol. The van der Waals surface area contributed by atoms with Gasteiger partial charge in [-0.25, -0.2) is 18.2 Å². The first-order valence-electron chi connectivity index (χ1n) is 6.02. The third-order valence-electron chi connectivity index (χ3n) is 2.74. The summed E-state index contributed by atoms with van der Waals surface area (Å²) in [4.78, 5) is 22.9. The van der Waals surface area contributed by atoms with Crippen molar-refractivity contribution in [2.24, 2.45) is 0 Å². The number of carbonyl (C=O) groups is 2. The minimum Gasteiger partial charge on any atom is -0.464 e. The molecule has 116 valence electrons. The van der Waals surface area contributed by atoms with Gasteiger partial charge in [-0.05, 0) is 36.8 Å². The molecule has 5 nitrogen and oxygen atoms in total. The Morgan fingerprint density at radius 1 is 1.29 bits per heavy atom. The topological polar surface area (TPSA) is 60.9 Å². The van der Waals surface area contributed by atoms with Gasteiger partial charge in [0, 0.05) is 11.9 Å². The van der Waals surface area contributed by atoms with Gasteiger partial charge in [-0.2, -0.15) is 0 Å². The summed E-state index contributed by atoms with van der Waals surface area (Å²) in [5.41, 5.74) is 2.83. The van der Waals surface area contributed by atoms with Crippen molar-refractivity contribution in [3.05, 3.63) is 28.8 Å². The number of carbonyl (C=O) groups excluding carboxylic acids is 1. The van der Waals surface area contributed by atoms with Crippen LogP contribution in [0.15, 0.2) is 17.0 Å². The number of thioether (sulfide) groups is 1. The van der Waals surface area contributed by atoms with Gasteiger partial charge in [0.2, 0.25) is 0 Å². The molecule has 0 bridgehead atoms. The van der Waals surface area contributed by atoms with Crippen molar-refractivity contribution in [3.63, 3.8) is 0 Å². The molecule has 0 aliphatic rings. The van der Waals surface area contributed by atoms with Gasteiger partial charge in [-0.15, -0.1) is 16.2 Å². The van der Waals surface area contributed by atoms with Gasteiger partial charge >= 0.3 is 12.3 Å². The van der Waals surface area contributed by atoms with Gasteiger partial charge in [-0.3, -0.25) is 0 Å². The van der Waals surface area contributed by atoms with Gasteiger partial charge in [-0.1, -0.05) is 12.1 Å². The Morgan fingerprint density at radius 3 is 2.19 bits per heavy atom. The molecule has 0 saturated carbocycles. The van der Waals surface area contributed by atoms with E-state index in [1.165, 1.54) is 7.05 Å². The van der Waals surface area contributed by atoms with Crippen LogP contribution in [0.5, 0.6) is 0 Å². The SMILES string of the molecule is CSc1c(C)cc(CN(SN(C)C(=O)O)C(=O)F)cc1C. The average Bonchev–Trinajstić information content (AvgIpc) is 2.37. The van der Waals surface area contributed by atoms with Crippen molar-refractivity contribution in [3.8, 4) is 0 Å². The predicted molar refractivity (Wildman–Crippen MR) is 83.1 cm³/mol. The molecule has 1 aromatic carbocycles. The molecule has 0 unspecified atom stereocenters. The first-order chi connectivity index (χ1) is 9.76. The lowest BCUT2D eigenvalue weighted by Gasteiger charge is -2.22. The zero-order valence-corrected chi connectivity index (χ0v) is 13.8. The molecule has 1 rings (SSSR count). The van der Waals surface area contributed by atoms with Gasteiger partial charge in [0.1, 0.15) is 0 Å². The number of hydrogen-bond donors (Lipinski definition) is 1. The molecule has 2 amide bonds. The zero-order chi connectivity index (χ0) is 16.2. The van der Waals surface area contributed by atoms with Crippen LogP contribution in [0.25, 0.3) is 0 Å². The minimum atomic E-state index is -1.68. The normalized spacial score (nSPS) is 10.3. The summed E-state index contributed by atoms with van der Waals surface area (Å²) in [6.45, 7) is 3.88. The fraction of sp³-hybridized carbons (Fsp3) is 0.385. The van der Waals surface area contributed by atoms with Crippen LogP contribution in [0.4, 0.5) is 14.0 Å². The standard InChI is InChI=1S/C13H17FN2O3S2/c1-8-5-10(6-9(2)11(8)20-4)7-16(12(14)17)21-15(3)13(18)19/h5-6H,7H2,1-4H3,(H,18,19). The summed E-state index contributed by atoms with van der Waals surface area (Å²) in [5, 5.41) is 8.78. The lowest BCUT2D eigenvalue weighted by atomic mass is 10.1. The first-order valence-corrected chi connectivity index (χ1v) is 7.97. The van der Waals surface area contributed by atoms with E-state index in [4.69, 9.17) is 5.11 Å². The van der Waals surface area contributed by atoms with E-state index < -0.39 is 12.3 Å². The molecule has 0 radical (unpaired) electrons. The number of carboxylic acid groups (broad SMARTS) is 1. The molecule has 0 aliphatic heterocycles. The van der Waals surface area contributed by atoms with E-state index in [0.717, 1.165) is 30.2 Å². The van der Waals surface area contributed by atoms with E-state index >= 15 is 0 Å². The summed E-state index contributed by atoms with van der Waals surface area (Å²) in [6.07, 6.45) is -0.960. The Bertz CT molecular complexity index is 531. The highest BCUT2D eigenvalue weighted by molar-refractivity contribution is 7.98. The lowest BCUT2D eigenvalue weighted by molar-refractivity contribution is 0.178. The summed E-state index contributed by atoms with van der Waals surface area (Å²) in [5.74, 6) is 0. The van der Waals surface area contributed by atoms with Crippen molar-refractivity contribution in [2.45, 2.75) is 25.3 Å². The van der Waals surface area contributed by atoms with Crippen molar-refractivity contribution < 1.29 is 19.1 Å². The number of aryl methyl sites for hydroxylation is 2. The first kappa shape index (κ1) is 17.6. The number of halogens is 1. The maximum absolute atomic E-state index is 13.1. The second-order valence-electron chi connectivity index (χ2n) is 4.41. The molecule has 21 heavy (non-hydrogen) atoms. The fourth-order valence-electron chi connectivity index (χ4n) is 1.92. The van der Waals surface area contributed by atoms with E-state index in [2.05, 4.69) is 0 Å². The molecule has 0 atom stereocenters. The van der Waals surface area contributed by atoms with Crippen LogP contribution in [0.1, 0.15) is 16.7 Å². The third-order valence-corrected chi connectivity index (χ3v) is 4.66. The van der Waals surface area contributed by atoms with Crippen molar-refractivity contribution in [2.75, 3.05) is 13.3 Å². The molecule has 0 fully saturated rings. The molecule has 0 aromatic heterocycles. The predicted octanol–water partition coefficient (Wildman–Crippen LogP) is 4.09. The Labute approximate surface area is 131 Å². The van der Waals surface area contributed by atoms with Crippen LogP contribution in [0.2, 0.25) is 0 Å². The van der Waals surface area contributed by atoms with E-state index in [0.29, 0.717) is 12.1 Å². The largest absolute Gasteiger partial charge is 0.464 e. The lowest BCUT2D eigenvalue weighted by Crippen LogP contribution is -2.27. The Hall–Kier alpha value is -1.41. The van der Waals surface area contributed by atoms with Gasteiger partial charge in [0.15, 0.2) is 0 Å². The smallest absolute Gasteiger partial charge is 0.418 e. The monoisotopic (exact) mass is 332 g/mol. The van der Waals surface area contributed by atoms with Crippen molar-refractivity contribution in [1.29, 1.82) is 0 Å². The Morgan fingerprint density at radius 2 is 1.81 bits per heavy atom. The van der Waals surface area contributed by atoms with E-state index in [9.17, 15) is 14.0 Å². The molecule has 8 heteroatoms. The molecule has 1 N–H and O–H groups in total. The number of hydrogen-bond acceptors (Lipinski definition) is 4. The Balaban J connectivity index is 2.95. The molecule has 0 heterocycles. The minimum absolute atomic E-state index is 0.00599. The third kappa shape index (κ3) is 4.82. The van der Waals surface area contributed by atoms with Crippen LogP contribution >= 0.6 is 23.9 Å². The van der Waals surface area contributed by atoms with E-state index in [1.807, 2.05) is 32.2 Å². The van der Waals surface area contributed by atoms with Crippen LogP contribution in [-0.2, 0) is 6.54 Å². The van der Waals surface area contributed by atoms with Crippen molar-refractivity contribution in [1.82, 2.24) is 8.61 Å². The van der Waals surface area contributed by atoms with Crippen molar-refractivity contribution >= 4 is 36.2 Å². The Kier molecular flexibility index (Phi) is 6.35. The highest BCUT2D eigenvalue weighted by Gasteiger charge is 2.20. The van der Waals surface area contributed by atoms with E-state index in [-0.39, 0.29) is 6.54 Å². The zero-order valence-electron chi connectivity index (χ0n) is 12.2. The van der Waals surface area contributed by atoms with Gasteiger partial charge in [0.05, 0.1) is 18.7 Å². The van der Waals surface area contributed by atoms with Gasteiger partial charge < -0.3 is 5.11 Å². The fourth-order valence-corrected chi connectivity index (χ4v) is 3.32. The van der Waals surface area contributed by atoms with Crippen LogP contribution < -0.4 is 0 Å². The average molecular weight is 332 g/mol. The maximum atomic E-state index is 13.1. The molecule has 0 spiro atoms. The van der Waals surface area contributed by atoms with Crippen LogP contribution in [-0.4, -0.2) is 39.3 Å². The summed E-state index contributed by atoms with van der Waals surface area (Å²) in [7, 11) is 1.25. The summed E-state index contributed by atoms with van der Waals surface area (Å²) in [6, 6.07) is 3.74. The number of amides is 2. The summed E-state index contributed by atoms with van der Waals surface area (Å²) >= 11 is 2.14. The molecule has 1 aromatic rings. The number of benzene rings is 1. The number of rotatable bonds is 5. The highest BCUT2D eigenvalue weighted by Crippen LogP contribution is 2.27. The quantitative estimate of drug-likeness (QED) is 0.381. The van der Waals surface area contributed by atoms with Crippen LogP contribution in [0, 0.1) is 13.8 Å². The molecule has 0 aliphatic carbocycles.